The second-order valence-electron chi connectivity index (χ2n) is 6.93. The van der Waals surface area contributed by atoms with Crippen molar-refractivity contribution in [3.05, 3.63) is 16.1 Å². The predicted octanol–water partition coefficient (Wildman–Crippen LogP) is 2.23. The molecule has 2 aliphatic heterocycles. The number of hydrogen-bond donors (Lipinski definition) is 0. The Labute approximate surface area is 141 Å². The Morgan fingerprint density at radius 2 is 2.09 bits per heavy atom. The maximum Gasteiger partial charge on any atom is 0.253 e. The number of hydrogen-bond acceptors (Lipinski definition) is 5. The third-order valence-electron chi connectivity index (χ3n) is 4.98. The van der Waals surface area contributed by atoms with Crippen LogP contribution in [0.2, 0.25) is 0 Å². The van der Waals surface area contributed by atoms with Gasteiger partial charge in [0.2, 0.25) is 0 Å². The van der Waals surface area contributed by atoms with Crippen LogP contribution in [0.15, 0.2) is 5.38 Å². The molecular weight excluding hydrogens is 310 g/mol. The number of thiazole rings is 1. The van der Waals surface area contributed by atoms with Crippen LogP contribution >= 0.6 is 11.3 Å². The summed E-state index contributed by atoms with van der Waals surface area (Å²) in [5, 5.41) is 3.49. The van der Waals surface area contributed by atoms with E-state index >= 15 is 0 Å². The minimum absolute atomic E-state index is 0.186. The predicted molar refractivity (Wildman–Crippen MR) is 89.5 cm³/mol. The number of morpholine rings is 1. The van der Waals surface area contributed by atoms with Crippen molar-refractivity contribution in [3.63, 3.8) is 0 Å². The first-order valence-corrected chi connectivity index (χ1v) is 9.74. The minimum Gasteiger partial charge on any atom is -0.366 e. The number of carbonyl (C=O) groups excluding carboxylic acids is 1. The lowest BCUT2D eigenvalue weighted by molar-refractivity contribution is -0.150. The van der Waals surface area contributed by atoms with Crippen LogP contribution < -0.4 is 0 Å². The molecule has 3 heterocycles. The fourth-order valence-electron chi connectivity index (χ4n) is 3.46. The molecule has 3 aliphatic rings. The van der Waals surface area contributed by atoms with Crippen LogP contribution in [0.3, 0.4) is 0 Å². The van der Waals surface area contributed by atoms with E-state index in [0.29, 0.717) is 13.2 Å². The zero-order valence-electron chi connectivity index (χ0n) is 13.6. The first-order valence-electron chi connectivity index (χ1n) is 8.86. The van der Waals surface area contributed by atoms with Gasteiger partial charge >= 0.3 is 0 Å². The standard InChI is InChI=1S/C17H25N3O2S/c21-17(20-6-2-1-3-7-20)15-11-19(8-9-22-15)10-14-12-23-16(18-14)13-4-5-13/h12-13,15H,1-11H2. The van der Waals surface area contributed by atoms with Crippen molar-refractivity contribution in [3.8, 4) is 0 Å². The first kappa shape index (κ1) is 15.5. The van der Waals surface area contributed by atoms with Gasteiger partial charge in [-0.05, 0) is 32.1 Å². The van der Waals surface area contributed by atoms with Crippen LogP contribution in [-0.4, -0.2) is 59.6 Å². The van der Waals surface area contributed by atoms with Gasteiger partial charge in [0, 0.05) is 44.0 Å². The molecule has 2 saturated heterocycles. The molecule has 3 fully saturated rings. The molecular formula is C17H25N3O2S. The van der Waals surface area contributed by atoms with Crippen LogP contribution in [0.25, 0.3) is 0 Å². The van der Waals surface area contributed by atoms with Gasteiger partial charge in [0.05, 0.1) is 17.3 Å². The molecule has 1 aromatic rings. The van der Waals surface area contributed by atoms with E-state index in [1.165, 1.54) is 24.3 Å². The maximum absolute atomic E-state index is 12.6. The Balaban J connectivity index is 1.33. The molecule has 126 valence electrons. The summed E-state index contributed by atoms with van der Waals surface area (Å²) in [5.41, 5.74) is 1.16. The second-order valence-corrected chi connectivity index (χ2v) is 7.82. The monoisotopic (exact) mass is 335 g/mol. The molecule has 1 aromatic heterocycles. The zero-order chi connectivity index (χ0) is 15.6. The maximum atomic E-state index is 12.6. The van der Waals surface area contributed by atoms with Crippen molar-refractivity contribution >= 4 is 17.2 Å². The van der Waals surface area contributed by atoms with E-state index in [-0.39, 0.29) is 12.0 Å². The molecule has 0 aromatic carbocycles. The van der Waals surface area contributed by atoms with E-state index in [1.807, 2.05) is 4.90 Å². The van der Waals surface area contributed by atoms with Crippen molar-refractivity contribution in [1.29, 1.82) is 0 Å². The molecule has 0 N–H and O–H groups in total. The summed E-state index contributed by atoms with van der Waals surface area (Å²) in [7, 11) is 0. The largest absolute Gasteiger partial charge is 0.366 e. The summed E-state index contributed by atoms with van der Waals surface area (Å²) in [6.07, 6.45) is 5.82. The molecule has 1 atom stereocenters. The minimum atomic E-state index is -0.289. The van der Waals surface area contributed by atoms with Crippen LogP contribution in [0.1, 0.15) is 48.7 Å². The molecule has 0 radical (unpaired) electrons. The van der Waals surface area contributed by atoms with Gasteiger partial charge in [-0.25, -0.2) is 4.98 Å². The normalized spacial score (nSPS) is 26.4. The van der Waals surface area contributed by atoms with E-state index in [2.05, 4.69) is 10.3 Å². The van der Waals surface area contributed by atoms with Crippen LogP contribution in [0.5, 0.6) is 0 Å². The first-order chi connectivity index (χ1) is 11.3. The number of nitrogens with zero attached hydrogens (tertiary/aromatic N) is 3. The average Bonchev–Trinajstić information content (AvgIpc) is 3.35. The molecule has 1 aliphatic carbocycles. The fraction of sp³-hybridized carbons (Fsp3) is 0.765. The van der Waals surface area contributed by atoms with Crippen molar-refractivity contribution in [1.82, 2.24) is 14.8 Å². The van der Waals surface area contributed by atoms with Crippen molar-refractivity contribution in [2.24, 2.45) is 0 Å². The highest BCUT2D eigenvalue weighted by Crippen LogP contribution is 2.41. The number of ether oxygens (including phenoxy) is 1. The number of likely N-dealkylation sites (tertiary alicyclic amines) is 1. The molecule has 1 amide bonds. The van der Waals surface area contributed by atoms with Crippen molar-refractivity contribution in [2.45, 2.75) is 50.7 Å². The molecule has 0 spiro atoms. The van der Waals surface area contributed by atoms with Gasteiger partial charge in [0.1, 0.15) is 6.10 Å². The topological polar surface area (TPSA) is 45.7 Å². The van der Waals surface area contributed by atoms with E-state index in [9.17, 15) is 4.79 Å². The smallest absolute Gasteiger partial charge is 0.253 e. The Bertz CT molecular complexity index is 552. The Kier molecular flexibility index (Phi) is 4.64. The molecule has 5 nitrogen and oxygen atoms in total. The molecule has 1 unspecified atom stereocenters. The molecule has 23 heavy (non-hydrogen) atoms. The average molecular weight is 335 g/mol. The lowest BCUT2D eigenvalue weighted by Crippen LogP contribution is -2.51. The Hall–Kier alpha value is -0.980. The number of aromatic nitrogens is 1. The summed E-state index contributed by atoms with van der Waals surface area (Å²) in [6.45, 7) is 4.87. The molecule has 0 bridgehead atoms. The quantitative estimate of drug-likeness (QED) is 0.846. The highest BCUT2D eigenvalue weighted by molar-refractivity contribution is 7.09. The summed E-state index contributed by atoms with van der Waals surface area (Å²) in [4.78, 5) is 21.7. The van der Waals surface area contributed by atoms with E-state index in [0.717, 1.165) is 50.6 Å². The number of carbonyl (C=O) groups is 1. The van der Waals surface area contributed by atoms with Gasteiger partial charge in [0.15, 0.2) is 0 Å². The molecule has 4 rings (SSSR count). The van der Waals surface area contributed by atoms with Gasteiger partial charge < -0.3 is 9.64 Å². The summed E-state index contributed by atoms with van der Waals surface area (Å²) < 4.78 is 5.76. The lowest BCUT2D eigenvalue weighted by atomic mass is 10.1. The molecule has 1 saturated carbocycles. The Morgan fingerprint density at radius 3 is 2.87 bits per heavy atom. The third-order valence-corrected chi connectivity index (χ3v) is 6.03. The summed E-state index contributed by atoms with van der Waals surface area (Å²) in [6, 6.07) is 0. The second kappa shape index (κ2) is 6.87. The highest BCUT2D eigenvalue weighted by atomic mass is 32.1. The number of amides is 1. The van der Waals surface area contributed by atoms with Gasteiger partial charge in [-0.1, -0.05) is 0 Å². The van der Waals surface area contributed by atoms with Crippen LogP contribution in [0, 0.1) is 0 Å². The van der Waals surface area contributed by atoms with Gasteiger partial charge in [-0.2, -0.15) is 0 Å². The fourth-order valence-corrected chi connectivity index (χ4v) is 4.44. The Morgan fingerprint density at radius 1 is 1.26 bits per heavy atom. The van der Waals surface area contributed by atoms with E-state index in [4.69, 9.17) is 9.72 Å². The van der Waals surface area contributed by atoms with E-state index in [1.54, 1.807) is 11.3 Å². The third kappa shape index (κ3) is 3.75. The van der Waals surface area contributed by atoms with Crippen molar-refractivity contribution < 1.29 is 9.53 Å². The number of piperidine rings is 1. The highest BCUT2D eigenvalue weighted by Gasteiger charge is 2.31. The van der Waals surface area contributed by atoms with Gasteiger partial charge in [-0.3, -0.25) is 9.69 Å². The van der Waals surface area contributed by atoms with Crippen LogP contribution in [-0.2, 0) is 16.1 Å². The lowest BCUT2D eigenvalue weighted by Gasteiger charge is -2.36. The van der Waals surface area contributed by atoms with E-state index < -0.39 is 0 Å². The summed E-state index contributed by atoms with van der Waals surface area (Å²) in [5.74, 6) is 0.915. The van der Waals surface area contributed by atoms with Crippen molar-refractivity contribution in [2.75, 3.05) is 32.8 Å². The van der Waals surface area contributed by atoms with Crippen LogP contribution in [0.4, 0.5) is 0 Å². The molecule has 6 heteroatoms. The van der Waals surface area contributed by atoms with Gasteiger partial charge in [-0.15, -0.1) is 11.3 Å². The summed E-state index contributed by atoms with van der Waals surface area (Å²) >= 11 is 1.79. The SMILES string of the molecule is O=C(C1CN(Cc2csc(C3CC3)n2)CCO1)N1CCCCC1. The number of rotatable bonds is 4. The van der Waals surface area contributed by atoms with Gasteiger partial charge in [0.25, 0.3) is 5.91 Å². The zero-order valence-corrected chi connectivity index (χ0v) is 14.4.